The molecule has 1 atom stereocenters. The number of hydrogen-bond acceptors (Lipinski definition) is 3. The minimum Gasteiger partial charge on any atom is -0.389 e. The summed E-state index contributed by atoms with van der Waals surface area (Å²) in [6.07, 6.45) is 26.8. The van der Waals surface area contributed by atoms with Crippen molar-refractivity contribution in [2.75, 3.05) is 26.3 Å². The molecule has 0 saturated heterocycles. The molecule has 0 heterocycles. The van der Waals surface area contributed by atoms with Crippen molar-refractivity contribution < 1.29 is 9.84 Å². The second-order valence-electron chi connectivity index (χ2n) is 9.30. The van der Waals surface area contributed by atoms with Gasteiger partial charge < -0.3 is 15.2 Å². The van der Waals surface area contributed by atoms with E-state index >= 15 is 0 Å². The van der Waals surface area contributed by atoms with Gasteiger partial charge in [0.15, 0.2) is 0 Å². The van der Waals surface area contributed by atoms with Crippen molar-refractivity contribution in [3.8, 4) is 0 Å². The Labute approximate surface area is 190 Å². The summed E-state index contributed by atoms with van der Waals surface area (Å²) in [5.41, 5.74) is 0. The summed E-state index contributed by atoms with van der Waals surface area (Å²) in [7, 11) is 0. The van der Waals surface area contributed by atoms with Gasteiger partial charge in [0.1, 0.15) is 0 Å². The molecule has 0 radical (unpaired) electrons. The highest BCUT2D eigenvalue weighted by Crippen LogP contribution is 2.11. The van der Waals surface area contributed by atoms with Crippen molar-refractivity contribution in [3.05, 3.63) is 0 Å². The zero-order chi connectivity index (χ0) is 22.0. The van der Waals surface area contributed by atoms with Gasteiger partial charge in [-0.3, -0.25) is 0 Å². The largest absolute Gasteiger partial charge is 0.389 e. The van der Waals surface area contributed by atoms with E-state index in [9.17, 15) is 5.11 Å². The van der Waals surface area contributed by atoms with Gasteiger partial charge in [0.2, 0.25) is 0 Å². The van der Waals surface area contributed by atoms with Crippen LogP contribution in [0.4, 0.5) is 0 Å². The van der Waals surface area contributed by atoms with Crippen LogP contribution in [0.5, 0.6) is 0 Å². The predicted molar refractivity (Wildman–Crippen MR) is 133 cm³/mol. The fraction of sp³-hybridized carbons (Fsp3) is 1.00. The molecule has 0 spiro atoms. The van der Waals surface area contributed by atoms with E-state index in [0.717, 1.165) is 19.6 Å². The van der Waals surface area contributed by atoms with Crippen LogP contribution in [0, 0.1) is 0 Å². The van der Waals surface area contributed by atoms with Crippen molar-refractivity contribution in [1.29, 1.82) is 0 Å². The maximum Gasteiger partial charge on any atom is 0.0897 e. The molecule has 0 aliphatic heterocycles. The maximum absolute atomic E-state index is 9.98. The van der Waals surface area contributed by atoms with Gasteiger partial charge in [0.05, 0.1) is 12.7 Å². The topological polar surface area (TPSA) is 41.5 Å². The van der Waals surface area contributed by atoms with Crippen molar-refractivity contribution in [2.24, 2.45) is 0 Å². The monoisotopic (exact) mass is 427 g/mol. The molecule has 0 rings (SSSR count). The second kappa shape index (κ2) is 26.9. The van der Waals surface area contributed by atoms with Gasteiger partial charge in [-0.05, 0) is 19.4 Å². The van der Waals surface area contributed by atoms with Crippen LogP contribution in [0.2, 0.25) is 0 Å². The Morgan fingerprint density at radius 1 is 0.567 bits per heavy atom. The quantitative estimate of drug-likeness (QED) is 0.138. The van der Waals surface area contributed by atoms with Crippen LogP contribution < -0.4 is 5.32 Å². The highest BCUT2D eigenvalue weighted by atomic mass is 16.5. The molecular weight excluding hydrogens is 370 g/mol. The van der Waals surface area contributed by atoms with Gasteiger partial charge >= 0.3 is 0 Å². The Hall–Kier alpha value is -0.120. The van der Waals surface area contributed by atoms with Gasteiger partial charge in [-0.2, -0.15) is 0 Å². The van der Waals surface area contributed by atoms with Crippen LogP contribution in [0.3, 0.4) is 0 Å². The number of hydrogen-bond donors (Lipinski definition) is 2. The molecule has 0 bridgehead atoms. The maximum atomic E-state index is 9.98. The van der Waals surface area contributed by atoms with E-state index < -0.39 is 0 Å². The summed E-state index contributed by atoms with van der Waals surface area (Å²) in [5.74, 6) is 0. The third kappa shape index (κ3) is 25.9. The molecule has 0 amide bonds. The zero-order valence-electron chi connectivity index (χ0n) is 20.9. The summed E-state index contributed by atoms with van der Waals surface area (Å²) in [6, 6.07) is 0. The predicted octanol–water partition coefficient (Wildman–Crippen LogP) is 7.80. The van der Waals surface area contributed by atoms with E-state index in [0.29, 0.717) is 13.2 Å². The molecule has 3 nitrogen and oxygen atoms in total. The van der Waals surface area contributed by atoms with E-state index in [1.807, 2.05) is 0 Å². The number of ether oxygens (including phenoxy) is 1. The Kier molecular flexibility index (Phi) is 26.8. The molecule has 30 heavy (non-hydrogen) atoms. The summed E-state index contributed by atoms with van der Waals surface area (Å²) in [4.78, 5) is 0. The minimum atomic E-state index is -0.365. The van der Waals surface area contributed by atoms with E-state index in [-0.39, 0.29) is 6.10 Å². The fourth-order valence-electron chi connectivity index (χ4n) is 3.98. The highest BCUT2D eigenvalue weighted by molar-refractivity contribution is 4.59. The number of unbranched alkanes of at least 4 members (excludes halogenated alkanes) is 18. The number of aliphatic hydroxyl groups excluding tert-OH is 1. The summed E-state index contributed by atoms with van der Waals surface area (Å²) < 4.78 is 5.63. The lowest BCUT2D eigenvalue weighted by molar-refractivity contribution is 0.0355. The summed E-state index contributed by atoms with van der Waals surface area (Å²) >= 11 is 0. The first-order chi connectivity index (χ1) is 14.8. The number of rotatable bonds is 26. The third-order valence-electron chi connectivity index (χ3n) is 6.04. The smallest absolute Gasteiger partial charge is 0.0897 e. The van der Waals surface area contributed by atoms with Crippen LogP contribution in [0.1, 0.15) is 142 Å². The van der Waals surface area contributed by atoms with Crippen molar-refractivity contribution in [1.82, 2.24) is 5.32 Å². The Balaban J connectivity index is 3.13. The van der Waals surface area contributed by atoms with Crippen LogP contribution >= 0.6 is 0 Å². The van der Waals surface area contributed by atoms with Crippen LogP contribution in [0.25, 0.3) is 0 Å². The first-order valence-corrected chi connectivity index (χ1v) is 13.8. The van der Waals surface area contributed by atoms with E-state index in [4.69, 9.17) is 4.74 Å². The lowest BCUT2D eigenvalue weighted by Gasteiger charge is -2.12. The normalized spacial score (nSPS) is 12.5. The molecular formula is C27H57NO2. The molecule has 182 valence electrons. The molecule has 0 aromatic rings. The molecule has 0 aliphatic rings. The highest BCUT2D eigenvalue weighted by Gasteiger charge is 2.03. The Morgan fingerprint density at radius 3 is 1.43 bits per heavy atom. The Bertz CT molecular complexity index is 271. The van der Waals surface area contributed by atoms with E-state index in [1.165, 1.54) is 122 Å². The lowest BCUT2D eigenvalue weighted by atomic mass is 10.1. The SMILES string of the molecule is CCCCCCCCCCCCNCC(O)COCCCCCCCCCCCC. The van der Waals surface area contributed by atoms with Crippen LogP contribution in [-0.2, 0) is 4.74 Å². The standard InChI is InChI=1S/C27H57NO2/c1-3-5-7-9-11-13-15-17-19-21-23-28-25-27(29)26-30-24-22-20-18-16-14-12-10-8-6-4-2/h27-29H,3-26H2,1-2H3. The van der Waals surface area contributed by atoms with Crippen molar-refractivity contribution in [2.45, 2.75) is 148 Å². The molecule has 0 aliphatic carbocycles. The molecule has 3 heteroatoms. The van der Waals surface area contributed by atoms with Gasteiger partial charge in [0, 0.05) is 13.2 Å². The van der Waals surface area contributed by atoms with E-state index in [2.05, 4.69) is 19.2 Å². The van der Waals surface area contributed by atoms with Crippen LogP contribution in [0.15, 0.2) is 0 Å². The Morgan fingerprint density at radius 2 is 0.967 bits per heavy atom. The van der Waals surface area contributed by atoms with Crippen molar-refractivity contribution in [3.63, 3.8) is 0 Å². The summed E-state index contributed by atoms with van der Waals surface area (Å²) in [5, 5.41) is 13.4. The first-order valence-electron chi connectivity index (χ1n) is 13.8. The number of nitrogens with one attached hydrogen (secondary N) is 1. The van der Waals surface area contributed by atoms with Gasteiger partial charge in [0.25, 0.3) is 0 Å². The third-order valence-corrected chi connectivity index (χ3v) is 6.04. The lowest BCUT2D eigenvalue weighted by Crippen LogP contribution is -2.31. The van der Waals surface area contributed by atoms with Crippen molar-refractivity contribution >= 4 is 0 Å². The van der Waals surface area contributed by atoms with E-state index in [1.54, 1.807) is 0 Å². The molecule has 1 unspecified atom stereocenters. The minimum absolute atomic E-state index is 0.365. The van der Waals surface area contributed by atoms with Gasteiger partial charge in [-0.25, -0.2) is 0 Å². The first kappa shape index (κ1) is 29.9. The van der Waals surface area contributed by atoms with Gasteiger partial charge in [-0.1, -0.05) is 129 Å². The molecule has 0 aromatic heterocycles. The van der Waals surface area contributed by atoms with Gasteiger partial charge in [-0.15, -0.1) is 0 Å². The molecule has 2 N–H and O–H groups in total. The second-order valence-corrected chi connectivity index (χ2v) is 9.30. The van der Waals surface area contributed by atoms with Crippen LogP contribution in [-0.4, -0.2) is 37.5 Å². The number of aliphatic hydroxyl groups is 1. The average Bonchev–Trinajstić information content (AvgIpc) is 2.75. The molecule has 0 saturated carbocycles. The summed E-state index contributed by atoms with van der Waals surface area (Å²) in [6.45, 7) is 7.51. The average molecular weight is 428 g/mol. The molecule has 0 aromatic carbocycles. The fourth-order valence-corrected chi connectivity index (χ4v) is 3.98. The molecule has 0 fully saturated rings. The zero-order valence-corrected chi connectivity index (χ0v) is 20.9.